The van der Waals surface area contributed by atoms with Crippen LogP contribution in [0.25, 0.3) is 0 Å². The third-order valence-corrected chi connectivity index (χ3v) is 5.61. The van der Waals surface area contributed by atoms with Gasteiger partial charge in [-0.1, -0.05) is 32.4 Å². The lowest BCUT2D eigenvalue weighted by Crippen LogP contribution is -2.52. The number of amides is 3. The van der Waals surface area contributed by atoms with Crippen LogP contribution in [0, 0.1) is 5.92 Å². The fourth-order valence-corrected chi connectivity index (χ4v) is 3.61. The minimum atomic E-state index is -0.939. The van der Waals surface area contributed by atoms with E-state index in [4.69, 9.17) is 4.74 Å². The van der Waals surface area contributed by atoms with Gasteiger partial charge in [-0.3, -0.25) is 14.4 Å². The maximum Gasteiger partial charge on any atom is 0.242 e. The maximum absolute atomic E-state index is 12.7. The van der Waals surface area contributed by atoms with Gasteiger partial charge in [-0.2, -0.15) is 0 Å². The smallest absolute Gasteiger partial charge is 0.242 e. The van der Waals surface area contributed by atoms with E-state index < -0.39 is 24.1 Å². The summed E-state index contributed by atoms with van der Waals surface area (Å²) in [5.74, 6) is -0.431. The average Bonchev–Trinajstić information content (AvgIpc) is 2.75. The van der Waals surface area contributed by atoms with Crippen molar-refractivity contribution in [2.75, 3.05) is 13.2 Å². The number of aliphatic hydroxyl groups excluding tert-OH is 1. The zero-order chi connectivity index (χ0) is 23.5. The van der Waals surface area contributed by atoms with E-state index in [0.29, 0.717) is 31.7 Å². The fraction of sp³-hybridized carbons (Fsp3) is 0.625. The zero-order valence-electron chi connectivity index (χ0n) is 19.4. The molecule has 32 heavy (non-hydrogen) atoms. The number of benzene rings is 1. The van der Waals surface area contributed by atoms with E-state index in [2.05, 4.69) is 22.9 Å². The summed E-state index contributed by atoms with van der Waals surface area (Å²) in [5, 5.41) is 19.4. The molecule has 8 heteroatoms. The molecule has 2 bridgehead atoms. The van der Waals surface area contributed by atoms with Crippen LogP contribution in [-0.2, 0) is 20.8 Å². The predicted octanol–water partition coefficient (Wildman–Crippen LogP) is 1.69. The van der Waals surface area contributed by atoms with Crippen LogP contribution < -0.4 is 20.7 Å². The largest absolute Gasteiger partial charge is 0.494 e. The molecule has 3 amide bonds. The van der Waals surface area contributed by atoms with Gasteiger partial charge in [-0.05, 0) is 50.3 Å². The van der Waals surface area contributed by atoms with Gasteiger partial charge < -0.3 is 25.8 Å². The van der Waals surface area contributed by atoms with E-state index in [9.17, 15) is 19.5 Å². The zero-order valence-corrected chi connectivity index (χ0v) is 19.4. The van der Waals surface area contributed by atoms with E-state index in [1.165, 1.54) is 0 Å². The normalized spacial score (nSPS) is 21.9. The van der Waals surface area contributed by atoms with Gasteiger partial charge in [-0.25, -0.2) is 0 Å². The summed E-state index contributed by atoms with van der Waals surface area (Å²) < 4.78 is 5.74. The van der Waals surface area contributed by atoms with E-state index in [1.807, 2.05) is 24.3 Å². The van der Waals surface area contributed by atoms with Crippen LogP contribution in [-0.4, -0.2) is 54.2 Å². The Morgan fingerprint density at radius 2 is 2.09 bits per heavy atom. The number of unbranched alkanes of at least 4 members (excludes halogenated alkanes) is 1. The second-order valence-electron chi connectivity index (χ2n) is 8.56. The first-order valence-corrected chi connectivity index (χ1v) is 11.6. The van der Waals surface area contributed by atoms with Crippen molar-refractivity contribution >= 4 is 17.7 Å². The lowest BCUT2D eigenvalue weighted by molar-refractivity contribution is -0.130. The first-order valence-electron chi connectivity index (χ1n) is 11.6. The molecule has 0 saturated heterocycles. The second-order valence-corrected chi connectivity index (χ2v) is 8.56. The first kappa shape index (κ1) is 25.6. The number of hydrogen-bond donors (Lipinski definition) is 4. The number of fused-ring (bicyclic) bond motifs is 2. The Balaban J connectivity index is 2.15. The Labute approximate surface area is 190 Å². The highest BCUT2D eigenvalue weighted by Crippen LogP contribution is 2.19. The van der Waals surface area contributed by atoms with E-state index >= 15 is 0 Å². The van der Waals surface area contributed by atoms with Crippen LogP contribution in [0.3, 0.4) is 0 Å². The third kappa shape index (κ3) is 8.49. The van der Waals surface area contributed by atoms with Crippen molar-refractivity contribution in [1.82, 2.24) is 16.0 Å². The standard InChI is InChI=1S/C24H37N3O5/c1-4-5-11-25-23(30)16(2)13-21(28)20-15-18-8-6-9-19(14-18)32-12-7-10-22(29)26-17(3)24(31)27-20/h6,8-9,14,16-17,20-21,28H,4-5,7,10-13,15H2,1-3H3,(H,25,30)(H,26,29)(H,27,31)/t16-,17+,20-,21+/m1/s1. The van der Waals surface area contributed by atoms with Crippen molar-refractivity contribution < 1.29 is 24.2 Å². The monoisotopic (exact) mass is 447 g/mol. The molecule has 2 rings (SSSR count). The van der Waals surface area contributed by atoms with Gasteiger partial charge in [0, 0.05) is 18.9 Å². The molecule has 1 aliphatic heterocycles. The van der Waals surface area contributed by atoms with Crippen molar-refractivity contribution in [2.24, 2.45) is 5.92 Å². The van der Waals surface area contributed by atoms with Crippen LogP contribution in [0.1, 0.15) is 58.4 Å². The molecule has 1 aliphatic rings. The Morgan fingerprint density at radius 1 is 1.31 bits per heavy atom. The molecule has 4 atom stereocenters. The summed E-state index contributed by atoms with van der Waals surface area (Å²) in [6, 6.07) is 6.14. The molecule has 0 saturated carbocycles. The Bertz CT molecular complexity index is 770. The number of aliphatic hydroxyl groups is 1. The van der Waals surface area contributed by atoms with Gasteiger partial charge in [0.1, 0.15) is 11.8 Å². The molecule has 0 aliphatic carbocycles. The van der Waals surface area contributed by atoms with Gasteiger partial charge in [-0.15, -0.1) is 0 Å². The van der Waals surface area contributed by atoms with Gasteiger partial charge in [0.2, 0.25) is 17.7 Å². The molecule has 4 N–H and O–H groups in total. The maximum atomic E-state index is 12.7. The number of hydrogen-bond acceptors (Lipinski definition) is 5. The molecule has 178 valence electrons. The van der Waals surface area contributed by atoms with Gasteiger partial charge in [0.05, 0.1) is 18.8 Å². The minimum Gasteiger partial charge on any atom is -0.494 e. The Morgan fingerprint density at radius 3 is 2.84 bits per heavy atom. The van der Waals surface area contributed by atoms with Crippen molar-refractivity contribution in [1.29, 1.82) is 0 Å². The molecule has 0 aromatic heterocycles. The highest BCUT2D eigenvalue weighted by Gasteiger charge is 2.28. The summed E-state index contributed by atoms with van der Waals surface area (Å²) >= 11 is 0. The highest BCUT2D eigenvalue weighted by molar-refractivity contribution is 5.87. The molecular formula is C24H37N3O5. The van der Waals surface area contributed by atoms with Gasteiger partial charge in [0.25, 0.3) is 0 Å². The molecule has 1 heterocycles. The molecule has 1 aromatic carbocycles. The van der Waals surface area contributed by atoms with Crippen molar-refractivity contribution in [2.45, 2.75) is 77.5 Å². The molecule has 0 unspecified atom stereocenters. The predicted molar refractivity (Wildman–Crippen MR) is 122 cm³/mol. The Kier molecular flexibility index (Phi) is 10.5. The van der Waals surface area contributed by atoms with Gasteiger partial charge >= 0.3 is 0 Å². The number of carbonyl (C=O) groups excluding carboxylic acids is 3. The van der Waals surface area contributed by atoms with Gasteiger partial charge in [0.15, 0.2) is 0 Å². The van der Waals surface area contributed by atoms with Crippen LogP contribution in [0.15, 0.2) is 24.3 Å². The fourth-order valence-electron chi connectivity index (χ4n) is 3.61. The SMILES string of the molecule is CCCCNC(=O)[C@H](C)C[C@H](O)[C@H]1Cc2cccc(c2)OCCCC(=O)N[C@@H](C)C(=O)N1. The molecule has 1 aromatic rings. The van der Waals surface area contributed by atoms with Crippen LogP contribution in [0.5, 0.6) is 5.75 Å². The summed E-state index contributed by atoms with van der Waals surface area (Å²) in [7, 11) is 0. The van der Waals surface area contributed by atoms with Crippen molar-refractivity contribution in [3.05, 3.63) is 29.8 Å². The highest BCUT2D eigenvalue weighted by atomic mass is 16.5. The molecule has 0 fully saturated rings. The number of nitrogens with one attached hydrogen (secondary N) is 3. The third-order valence-electron chi connectivity index (χ3n) is 5.61. The number of carbonyl (C=O) groups is 3. The van der Waals surface area contributed by atoms with Crippen LogP contribution in [0.4, 0.5) is 0 Å². The summed E-state index contributed by atoms with van der Waals surface area (Å²) in [4.78, 5) is 37.1. The topological polar surface area (TPSA) is 117 Å². The summed E-state index contributed by atoms with van der Waals surface area (Å²) in [6.45, 7) is 6.45. The van der Waals surface area contributed by atoms with Crippen LogP contribution in [0.2, 0.25) is 0 Å². The molecular weight excluding hydrogens is 410 g/mol. The first-order chi connectivity index (χ1) is 15.3. The molecule has 8 nitrogen and oxygen atoms in total. The van der Waals surface area contributed by atoms with E-state index in [0.717, 1.165) is 18.4 Å². The lowest BCUT2D eigenvalue weighted by atomic mass is 9.93. The van der Waals surface area contributed by atoms with Crippen molar-refractivity contribution in [3.63, 3.8) is 0 Å². The average molecular weight is 448 g/mol. The second kappa shape index (κ2) is 13.1. The molecule has 0 spiro atoms. The van der Waals surface area contributed by atoms with Crippen molar-refractivity contribution in [3.8, 4) is 5.75 Å². The summed E-state index contributed by atoms with van der Waals surface area (Å²) in [6.07, 6.45) is 2.34. The quantitative estimate of drug-likeness (QED) is 0.475. The number of rotatable bonds is 7. The van der Waals surface area contributed by atoms with E-state index in [-0.39, 0.29) is 30.6 Å². The summed E-state index contributed by atoms with van der Waals surface area (Å²) in [5.41, 5.74) is 0.903. The number of ether oxygens (including phenoxy) is 1. The lowest BCUT2D eigenvalue weighted by Gasteiger charge is -2.28. The van der Waals surface area contributed by atoms with Crippen LogP contribution >= 0.6 is 0 Å². The Hall–Kier alpha value is -2.61. The molecule has 0 radical (unpaired) electrons. The minimum absolute atomic E-state index is 0.110. The van der Waals surface area contributed by atoms with E-state index in [1.54, 1.807) is 13.8 Å².